The molecule has 2 unspecified atom stereocenters. The van der Waals surface area contributed by atoms with E-state index in [4.69, 9.17) is 0 Å². The zero-order valence-electron chi connectivity index (χ0n) is 8.39. The Morgan fingerprint density at radius 2 is 2.20 bits per heavy atom. The highest BCUT2D eigenvalue weighted by Crippen LogP contribution is 2.04. The van der Waals surface area contributed by atoms with Crippen LogP contribution in [0.25, 0.3) is 0 Å². The molecule has 0 aliphatic heterocycles. The third kappa shape index (κ3) is 2.79. The first-order valence-corrected chi connectivity index (χ1v) is 5.89. The van der Waals surface area contributed by atoms with Gasteiger partial charge in [-0.05, 0) is 6.92 Å². The van der Waals surface area contributed by atoms with E-state index in [1.807, 2.05) is 4.98 Å². The van der Waals surface area contributed by atoms with Gasteiger partial charge in [0.05, 0.1) is 6.07 Å². The number of nitrogens with zero attached hydrogens (tertiary/aromatic N) is 1. The lowest BCUT2D eigenvalue weighted by Crippen LogP contribution is -2.32. The highest BCUT2D eigenvalue weighted by molar-refractivity contribution is 7.84. The van der Waals surface area contributed by atoms with Crippen LogP contribution in [-0.4, -0.2) is 30.4 Å². The van der Waals surface area contributed by atoms with E-state index >= 15 is 0 Å². The summed E-state index contributed by atoms with van der Waals surface area (Å²) in [6.07, 6.45) is 1.51. The molecular formula is C8H12N2O4S. The Hall–Kier alpha value is -1.37. The van der Waals surface area contributed by atoms with Crippen LogP contribution in [0.5, 0.6) is 5.88 Å². The number of aromatic hydroxyl groups is 1. The minimum absolute atomic E-state index is 0.102. The Balaban J connectivity index is 3.11. The number of hydrogen-bond donors (Lipinski definition) is 2. The molecule has 0 spiro atoms. The average molecular weight is 232 g/mol. The molecule has 0 aromatic carbocycles. The average Bonchev–Trinajstić information content (AvgIpc) is 2.10. The molecule has 1 heterocycles. The standard InChI is InChI=1S/C8H12N2O4S/c1-5(15(2)14)4-10-7(12)3-6(11)9-8(10)13/h3,5,12H,4H2,1-2H3,(H,9,11,13). The monoisotopic (exact) mass is 232 g/mol. The van der Waals surface area contributed by atoms with Crippen molar-refractivity contribution in [2.75, 3.05) is 6.26 Å². The Bertz CT molecular complexity index is 490. The topological polar surface area (TPSA) is 92.2 Å². The highest BCUT2D eigenvalue weighted by Gasteiger charge is 2.11. The quantitative estimate of drug-likeness (QED) is 0.700. The van der Waals surface area contributed by atoms with Crippen LogP contribution in [0.1, 0.15) is 6.92 Å². The summed E-state index contributed by atoms with van der Waals surface area (Å²) < 4.78 is 12.1. The smallest absolute Gasteiger partial charge is 0.331 e. The largest absolute Gasteiger partial charge is 0.494 e. The lowest BCUT2D eigenvalue weighted by Gasteiger charge is -2.11. The maximum atomic E-state index is 11.3. The van der Waals surface area contributed by atoms with E-state index in [9.17, 15) is 18.9 Å². The van der Waals surface area contributed by atoms with Gasteiger partial charge >= 0.3 is 5.69 Å². The van der Waals surface area contributed by atoms with Gasteiger partial charge in [-0.2, -0.15) is 0 Å². The Morgan fingerprint density at radius 3 is 2.67 bits per heavy atom. The number of H-pyrrole nitrogens is 1. The maximum Gasteiger partial charge on any atom is 0.331 e. The van der Waals surface area contributed by atoms with Crippen LogP contribution >= 0.6 is 0 Å². The first kappa shape index (κ1) is 11.7. The number of hydrogen-bond acceptors (Lipinski definition) is 4. The molecule has 0 amide bonds. The fourth-order valence-electron chi connectivity index (χ4n) is 1.05. The normalized spacial score (nSPS) is 14.8. The van der Waals surface area contributed by atoms with Gasteiger partial charge in [0, 0.05) is 28.9 Å². The number of nitrogens with one attached hydrogen (secondary N) is 1. The summed E-state index contributed by atoms with van der Waals surface area (Å²) in [5, 5.41) is 9.07. The number of aromatic nitrogens is 2. The van der Waals surface area contributed by atoms with E-state index in [2.05, 4.69) is 0 Å². The summed E-state index contributed by atoms with van der Waals surface area (Å²) in [6.45, 7) is 1.79. The van der Waals surface area contributed by atoms with Gasteiger partial charge in [0.2, 0.25) is 5.88 Å². The summed E-state index contributed by atoms with van der Waals surface area (Å²) in [4.78, 5) is 24.1. The van der Waals surface area contributed by atoms with Crippen molar-refractivity contribution in [1.29, 1.82) is 0 Å². The SMILES string of the molecule is CC(Cn1c(O)cc(=O)[nH]c1=O)S(C)=O. The second-order valence-electron chi connectivity index (χ2n) is 3.22. The van der Waals surface area contributed by atoms with Crippen molar-refractivity contribution in [3.05, 3.63) is 26.9 Å². The summed E-state index contributed by atoms with van der Waals surface area (Å²) >= 11 is 0. The predicted octanol–water partition coefficient (Wildman–Crippen LogP) is -0.991. The highest BCUT2D eigenvalue weighted by atomic mass is 32.2. The predicted molar refractivity (Wildman–Crippen MR) is 56.5 cm³/mol. The van der Waals surface area contributed by atoms with Crippen LogP contribution < -0.4 is 11.2 Å². The van der Waals surface area contributed by atoms with E-state index in [0.29, 0.717) is 0 Å². The van der Waals surface area contributed by atoms with Gasteiger partial charge in [0.15, 0.2) is 0 Å². The molecular weight excluding hydrogens is 220 g/mol. The van der Waals surface area contributed by atoms with E-state index in [0.717, 1.165) is 10.6 Å². The van der Waals surface area contributed by atoms with E-state index in [-0.39, 0.29) is 11.8 Å². The molecule has 0 saturated heterocycles. The molecule has 0 aliphatic rings. The van der Waals surface area contributed by atoms with Crippen molar-refractivity contribution < 1.29 is 9.32 Å². The van der Waals surface area contributed by atoms with E-state index in [1.165, 1.54) is 6.26 Å². The Labute approximate surface area is 88.0 Å². The molecule has 0 aliphatic carbocycles. The third-order valence-corrected chi connectivity index (χ3v) is 3.30. The van der Waals surface area contributed by atoms with Crippen LogP contribution in [0.4, 0.5) is 0 Å². The second-order valence-corrected chi connectivity index (χ2v) is 5.02. The van der Waals surface area contributed by atoms with Crippen molar-refractivity contribution in [3.63, 3.8) is 0 Å². The van der Waals surface area contributed by atoms with Gasteiger partial charge < -0.3 is 5.11 Å². The van der Waals surface area contributed by atoms with Crippen LogP contribution in [0.3, 0.4) is 0 Å². The van der Waals surface area contributed by atoms with Crippen molar-refractivity contribution in [3.8, 4) is 5.88 Å². The minimum atomic E-state index is -1.10. The van der Waals surface area contributed by atoms with Crippen molar-refractivity contribution >= 4 is 10.8 Å². The molecule has 6 nitrogen and oxygen atoms in total. The van der Waals surface area contributed by atoms with Crippen LogP contribution in [-0.2, 0) is 17.3 Å². The Morgan fingerprint density at radius 1 is 1.60 bits per heavy atom. The van der Waals surface area contributed by atoms with Gasteiger partial charge in [-0.3, -0.25) is 18.6 Å². The first-order chi connectivity index (χ1) is 6.91. The number of rotatable bonds is 3. The molecule has 15 heavy (non-hydrogen) atoms. The summed E-state index contributed by atoms with van der Waals surface area (Å²) in [7, 11) is -1.10. The lowest BCUT2D eigenvalue weighted by molar-refractivity contribution is 0.399. The van der Waals surface area contributed by atoms with Crippen molar-refractivity contribution in [1.82, 2.24) is 9.55 Å². The summed E-state index contributed by atoms with van der Waals surface area (Å²) in [6, 6.07) is 0.909. The van der Waals surface area contributed by atoms with Crippen molar-refractivity contribution in [2.24, 2.45) is 0 Å². The zero-order chi connectivity index (χ0) is 11.6. The van der Waals surface area contributed by atoms with Crippen molar-refractivity contribution in [2.45, 2.75) is 18.7 Å². The van der Waals surface area contributed by atoms with Gasteiger partial charge in [-0.25, -0.2) is 4.79 Å². The van der Waals surface area contributed by atoms with Crippen LogP contribution in [0.15, 0.2) is 15.7 Å². The third-order valence-electron chi connectivity index (χ3n) is 2.02. The lowest BCUT2D eigenvalue weighted by atomic mass is 10.4. The number of aromatic amines is 1. The van der Waals surface area contributed by atoms with Gasteiger partial charge in [0.25, 0.3) is 5.56 Å². The summed E-state index contributed by atoms with van der Waals surface area (Å²) in [5.74, 6) is -0.416. The second kappa shape index (κ2) is 4.43. The maximum absolute atomic E-state index is 11.3. The molecule has 2 atom stereocenters. The fourth-order valence-corrected chi connectivity index (χ4v) is 1.41. The molecule has 1 aromatic rings. The molecule has 0 radical (unpaired) electrons. The first-order valence-electron chi connectivity index (χ1n) is 4.27. The summed E-state index contributed by atoms with van der Waals surface area (Å²) in [5.41, 5.74) is -1.35. The van der Waals surface area contributed by atoms with E-state index in [1.54, 1.807) is 6.92 Å². The van der Waals surface area contributed by atoms with Crippen LogP contribution in [0, 0.1) is 0 Å². The van der Waals surface area contributed by atoms with Gasteiger partial charge in [-0.1, -0.05) is 0 Å². The van der Waals surface area contributed by atoms with Gasteiger partial charge in [-0.15, -0.1) is 0 Å². The molecule has 2 N–H and O–H groups in total. The Kier molecular flexibility index (Phi) is 3.46. The van der Waals surface area contributed by atoms with Crippen LogP contribution in [0.2, 0.25) is 0 Å². The molecule has 0 bridgehead atoms. The van der Waals surface area contributed by atoms with E-state index < -0.39 is 27.9 Å². The molecule has 0 fully saturated rings. The van der Waals surface area contributed by atoms with Gasteiger partial charge in [0.1, 0.15) is 0 Å². The zero-order valence-corrected chi connectivity index (χ0v) is 9.21. The molecule has 84 valence electrons. The molecule has 7 heteroatoms. The molecule has 1 aromatic heterocycles. The minimum Gasteiger partial charge on any atom is -0.494 e. The molecule has 1 rings (SSSR count). The fraction of sp³-hybridized carbons (Fsp3) is 0.500. The molecule has 0 saturated carbocycles.